The number of anilines is 1. The van der Waals surface area contributed by atoms with E-state index in [9.17, 15) is 8.42 Å². The topological polar surface area (TPSA) is 76.3 Å². The van der Waals surface area contributed by atoms with Crippen LogP contribution in [0.15, 0.2) is 52.0 Å². The number of para-hydroxylation sites is 1. The van der Waals surface area contributed by atoms with Gasteiger partial charge in [-0.15, -0.1) is 0 Å². The van der Waals surface area contributed by atoms with E-state index in [4.69, 9.17) is 0 Å². The Morgan fingerprint density at radius 2 is 1.90 bits per heavy atom. The average Bonchev–Trinajstić information content (AvgIpc) is 3.13. The second-order valence-electron chi connectivity index (χ2n) is 4.84. The van der Waals surface area contributed by atoms with Gasteiger partial charge in [0.15, 0.2) is 5.52 Å². The maximum absolute atomic E-state index is 12.9. The largest absolute Gasteiger partial charge is 0.266 e. The molecular weight excluding hydrogens is 290 g/mol. The molecule has 2 heterocycles. The molecule has 0 unspecified atom stereocenters. The van der Waals surface area contributed by atoms with Crippen molar-refractivity contribution in [3.8, 4) is 0 Å². The van der Waals surface area contributed by atoms with Gasteiger partial charge in [0.25, 0.3) is 10.0 Å². The fraction of sp³-hybridized carbons (Fsp3) is 0.143. The summed E-state index contributed by atoms with van der Waals surface area (Å²) in [5.74, 6) is 0. The smallest absolute Gasteiger partial charge is 0.266 e. The van der Waals surface area contributed by atoms with E-state index in [1.54, 1.807) is 12.1 Å². The second-order valence-corrected chi connectivity index (χ2v) is 6.67. The predicted molar refractivity (Wildman–Crippen MR) is 76.5 cm³/mol. The van der Waals surface area contributed by atoms with Crippen molar-refractivity contribution in [2.75, 3.05) is 10.8 Å². The molecule has 1 aliphatic heterocycles. The van der Waals surface area contributed by atoms with Crippen molar-refractivity contribution in [1.82, 2.24) is 10.3 Å². The number of hydrogen-bond donors (Lipinski definition) is 0. The number of sulfonamides is 1. The van der Waals surface area contributed by atoms with Gasteiger partial charge in [0.05, 0.1) is 5.69 Å². The monoisotopic (exact) mass is 301 g/mol. The van der Waals surface area contributed by atoms with Crippen molar-refractivity contribution >= 4 is 26.7 Å². The van der Waals surface area contributed by atoms with E-state index < -0.39 is 10.0 Å². The number of rotatable bonds is 2. The Kier molecular flexibility index (Phi) is 2.52. The third kappa shape index (κ3) is 1.74. The van der Waals surface area contributed by atoms with E-state index in [0.717, 1.165) is 11.3 Å². The summed E-state index contributed by atoms with van der Waals surface area (Å²) >= 11 is 0. The molecule has 0 amide bonds. The van der Waals surface area contributed by atoms with Crippen LogP contribution in [0.5, 0.6) is 0 Å². The molecule has 7 heteroatoms. The molecule has 1 aliphatic rings. The van der Waals surface area contributed by atoms with Crippen LogP contribution in [0.1, 0.15) is 5.56 Å². The van der Waals surface area contributed by atoms with E-state index >= 15 is 0 Å². The van der Waals surface area contributed by atoms with E-state index in [2.05, 4.69) is 14.9 Å². The van der Waals surface area contributed by atoms with Crippen LogP contribution < -0.4 is 4.31 Å². The lowest BCUT2D eigenvalue weighted by atomic mass is 10.2. The highest BCUT2D eigenvalue weighted by atomic mass is 32.2. The van der Waals surface area contributed by atoms with Gasteiger partial charge >= 0.3 is 0 Å². The van der Waals surface area contributed by atoms with Crippen LogP contribution in [0.25, 0.3) is 11.0 Å². The van der Waals surface area contributed by atoms with E-state index in [1.165, 1.54) is 10.4 Å². The fourth-order valence-electron chi connectivity index (χ4n) is 2.67. The molecule has 0 N–H and O–H groups in total. The van der Waals surface area contributed by atoms with Gasteiger partial charge in [-0.25, -0.2) is 13.0 Å². The highest BCUT2D eigenvalue weighted by Gasteiger charge is 2.32. The first-order chi connectivity index (χ1) is 10.2. The molecule has 0 bridgehead atoms. The van der Waals surface area contributed by atoms with E-state index in [0.29, 0.717) is 18.5 Å². The molecule has 4 rings (SSSR count). The normalized spacial score (nSPS) is 14.6. The van der Waals surface area contributed by atoms with Gasteiger partial charge in [-0.05, 0) is 40.5 Å². The Morgan fingerprint density at radius 3 is 2.81 bits per heavy atom. The molecule has 3 aromatic rings. The first kappa shape index (κ1) is 12.3. The predicted octanol–water partition coefficient (Wildman–Crippen LogP) is 1.97. The zero-order chi connectivity index (χ0) is 14.4. The van der Waals surface area contributed by atoms with Crippen molar-refractivity contribution < 1.29 is 13.0 Å². The molecule has 0 aliphatic carbocycles. The second kappa shape index (κ2) is 4.29. The first-order valence-corrected chi connectivity index (χ1v) is 7.94. The lowest BCUT2D eigenvalue weighted by Crippen LogP contribution is -2.29. The number of benzene rings is 2. The molecule has 0 spiro atoms. The summed E-state index contributed by atoms with van der Waals surface area (Å²) < 4.78 is 31.9. The molecule has 0 fully saturated rings. The Bertz CT molecular complexity index is 933. The maximum atomic E-state index is 12.9. The summed E-state index contributed by atoms with van der Waals surface area (Å²) in [5, 5.41) is 7.42. The molecular formula is C14H11N3O3S. The van der Waals surface area contributed by atoms with Gasteiger partial charge in [0, 0.05) is 6.54 Å². The molecule has 0 saturated carbocycles. The lowest BCUT2D eigenvalue weighted by Gasteiger charge is -2.19. The highest BCUT2D eigenvalue weighted by Crippen LogP contribution is 2.34. The van der Waals surface area contributed by atoms with Crippen molar-refractivity contribution in [3.05, 3.63) is 48.0 Å². The number of hydrogen-bond acceptors (Lipinski definition) is 5. The Hall–Kier alpha value is -2.41. The summed E-state index contributed by atoms with van der Waals surface area (Å²) in [6, 6.07) is 12.4. The third-order valence-electron chi connectivity index (χ3n) is 3.66. The summed E-state index contributed by atoms with van der Waals surface area (Å²) in [5.41, 5.74) is 2.46. The third-order valence-corrected chi connectivity index (χ3v) is 5.51. The first-order valence-electron chi connectivity index (χ1n) is 6.50. The molecule has 6 nitrogen and oxygen atoms in total. The van der Waals surface area contributed by atoms with Gasteiger partial charge < -0.3 is 0 Å². The van der Waals surface area contributed by atoms with E-state index in [-0.39, 0.29) is 10.4 Å². The number of nitrogens with zero attached hydrogens (tertiary/aromatic N) is 3. The maximum Gasteiger partial charge on any atom is 0.266 e. The highest BCUT2D eigenvalue weighted by molar-refractivity contribution is 7.93. The standard InChI is InChI=1S/C14H11N3O3S/c18-21(19,13-7-3-5-11-14(13)16-20-15-11)17-9-8-10-4-1-2-6-12(10)17/h1-7H,8-9H2. The molecule has 21 heavy (non-hydrogen) atoms. The van der Waals surface area contributed by atoms with Gasteiger partial charge in [0.2, 0.25) is 0 Å². The Morgan fingerprint density at radius 1 is 1.05 bits per heavy atom. The van der Waals surface area contributed by atoms with Gasteiger partial charge in [-0.2, -0.15) is 0 Å². The van der Waals surface area contributed by atoms with Crippen molar-refractivity contribution in [3.63, 3.8) is 0 Å². The van der Waals surface area contributed by atoms with Crippen LogP contribution in [0, 0.1) is 0 Å². The molecule has 2 aromatic carbocycles. The van der Waals surface area contributed by atoms with Crippen LogP contribution in [0.4, 0.5) is 5.69 Å². The Labute approximate surface area is 121 Å². The van der Waals surface area contributed by atoms with E-state index in [1.807, 2.05) is 24.3 Å². The summed E-state index contributed by atoms with van der Waals surface area (Å²) in [4.78, 5) is 0.123. The fourth-order valence-corrected chi connectivity index (χ4v) is 4.31. The van der Waals surface area contributed by atoms with Crippen LogP contribution in [0.2, 0.25) is 0 Å². The van der Waals surface area contributed by atoms with Gasteiger partial charge in [0.1, 0.15) is 10.4 Å². The van der Waals surface area contributed by atoms with Crippen molar-refractivity contribution in [1.29, 1.82) is 0 Å². The Balaban J connectivity index is 1.91. The summed E-state index contributed by atoms with van der Waals surface area (Å²) in [7, 11) is -3.68. The molecule has 0 atom stereocenters. The van der Waals surface area contributed by atoms with Crippen LogP contribution in [0.3, 0.4) is 0 Å². The minimum atomic E-state index is -3.68. The average molecular weight is 301 g/mol. The van der Waals surface area contributed by atoms with Crippen molar-refractivity contribution in [2.24, 2.45) is 0 Å². The molecule has 0 radical (unpaired) electrons. The van der Waals surface area contributed by atoms with Crippen molar-refractivity contribution in [2.45, 2.75) is 11.3 Å². The SMILES string of the molecule is O=S(=O)(c1cccc2nonc12)N1CCc2ccccc21. The zero-order valence-electron chi connectivity index (χ0n) is 10.9. The lowest BCUT2D eigenvalue weighted by molar-refractivity contribution is 0.315. The summed E-state index contributed by atoms with van der Waals surface area (Å²) in [6.07, 6.45) is 0.711. The summed E-state index contributed by atoms with van der Waals surface area (Å²) in [6.45, 7) is 0.434. The van der Waals surface area contributed by atoms with Crippen LogP contribution in [-0.4, -0.2) is 25.3 Å². The quantitative estimate of drug-likeness (QED) is 0.723. The molecule has 106 valence electrons. The molecule has 0 saturated heterocycles. The number of aromatic nitrogens is 2. The van der Waals surface area contributed by atoms with Crippen LogP contribution >= 0.6 is 0 Å². The minimum absolute atomic E-state index is 0.123. The van der Waals surface area contributed by atoms with Gasteiger partial charge in [-0.3, -0.25) is 4.31 Å². The molecule has 1 aromatic heterocycles. The van der Waals surface area contributed by atoms with Crippen LogP contribution in [-0.2, 0) is 16.4 Å². The van der Waals surface area contributed by atoms with Gasteiger partial charge in [-0.1, -0.05) is 24.3 Å². The minimum Gasteiger partial charge on any atom is -0.266 e. The zero-order valence-corrected chi connectivity index (χ0v) is 11.7. The number of fused-ring (bicyclic) bond motifs is 2.